The monoisotopic (exact) mass is 414 g/mol. The van der Waals surface area contributed by atoms with Crippen molar-refractivity contribution in [2.75, 3.05) is 29.1 Å². The molecule has 0 spiro atoms. The summed E-state index contributed by atoms with van der Waals surface area (Å²) in [5.41, 5.74) is 2.92. The van der Waals surface area contributed by atoms with Gasteiger partial charge < -0.3 is 20.7 Å². The number of hydrogen-bond donors (Lipinski definition) is 3. The third-order valence-corrected chi connectivity index (χ3v) is 4.30. The van der Waals surface area contributed by atoms with E-state index in [1.54, 1.807) is 72.8 Å². The molecule has 0 heterocycles. The second kappa shape index (κ2) is 10.5. The fraction of sp³-hybridized carbons (Fsp3) is 0.125. The van der Waals surface area contributed by atoms with E-state index in [-0.39, 0.29) is 18.4 Å². The van der Waals surface area contributed by atoms with Crippen LogP contribution < -0.4 is 20.7 Å². The van der Waals surface area contributed by atoms with Crippen molar-refractivity contribution in [1.82, 2.24) is 0 Å². The van der Waals surface area contributed by atoms with E-state index in [0.717, 1.165) is 5.75 Å². The van der Waals surface area contributed by atoms with Crippen LogP contribution in [0.3, 0.4) is 0 Å². The summed E-state index contributed by atoms with van der Waals surface area (Å²) in [5, 5.41) is 17.5. The first-order valence-corrected chi connectivity index (χ1v) is 9.75. The first kappa shape index (κ1) is 21.4. The fourth-order valence-electron chi connectivity index (χ4n) is 2.80. The van der Waals surface area contributed by atoms with Gasteiger partial charge in [-0.25, -0.2) is 0 Å². The Bertz CT molecular complexity index is 1090. The van der Waals surface area contributed by atoms with E-state index in [2.05, 4.69) is 16.0 Å². The Labute approximate surface area is 180 Å². The summed E-state index contributed by atoms with van der Waals surface area (Å²) in [6, 6.07) is 22.7. The second-order valence-corrected chi connectivity index (χ2v) is 6.58. The van der Waals surface area contributed by atoms with Crippen molar-refractivity contribution >= 4 is 28.9 Å². The van der Waals surface area contributed by atoms with Crippen molar-refractivity contribution in [2.45, 2.75) is 6.92 Å². The van der Waals surface area contributed by atoms with Gasteiger partial charge in [0.2, 0.25) is 5.91 Å². The Morgan fingerprint density at radius 2 is 1.61 bits per heavy atom. The van der Waals surface area contributed by atoms with E-state index in [4.69, 9.17) is 10.00 Å². The molecule has 0 atom stereocenters. The van der Waals surface area contributed by atoms with Crippen molar-refractivity contribution in [3.63, 3.8) is 0 Å². The van der Waals surface area contributed by atoms with E-state index >= 15 is 0 Å². The number of benzene rings is 3. The van der Waals surface area contributed by atoms with Crippen molar-refractivity contribution < 1.29 is 14.3 Å². The lowest BCUT2D eigenvalue weighted by Crippen LogP contribution is -2.21. The zero-order chi connectivity index (χ0) is 22.1. The van der Waals surface area contributed by atoms with Crippen LogP contribution in [0.5, 0.6) is 5.75 Å². The molecule has 156 valence electrons. The Balaban J connectivity index is 1.50. The number of nitriles is 1. The largest absolute Gasteiger partial charge is 0.494 e. The van der Waals surface area contributed by atoms with E-state index in [1.807, 2.05) is 13.0 Å². The van der Waals surface area contributed by atoms with Crippen LogP contribution in [0.4, 0.5) is 17.1 Å². The maximum Gasteiger partial charge on any atom is 0.255 e. The zero-order valence-corrected chi connectivity index (χ0v) is 17.0. The average Bonchev–Trinajstić information content (AvgIpc) is 2.79. The molecule has 0 aliphatic rings. The van der Waals surface area contributed by atoms with E-state index in [9.17, 15) is 9.59 Å². The Morgan fingerprint density at radius 3 is 2.29 bits per heavy atom. The molecule has 0 radical (unpaired) electrons. The first-order valence-electron chi connectivity index (χ1n) is 9.75. The highest BCUT2D eigenvalue weighted by molar-refractivity contribution is 6.04. The van der Waals surface area contributed by atoms with Gasteiger partial charge in [0.1, 0.15) is 5.75 Å². The normalized spacial score (nSPS) is 9.94. The molecule has 2 amide bonds. The molecule has 3 aromatic rings. The van der Waals surface area contributed by atoms with Crippen LogP contribution >= 0.6 is 0 Å². The molecule has 0 saturated carbocycles. The third kappa shape index (κ3) is 6.34. The van der Waals surface area contributed by atoms with Crippen molar-refractivity contribution in [3.05, 3.63) is 83.9 Å². The molecule has 3 rings (SSSR count). The summed E-state index contributed by atoms with van der Waals surface area (Å²) in [6.07, 6.45) is 0. The quantitative estimate of drug-likeness (QED) is 0.511. The van der Waals surface area contributed by atoms with Crippen LogP contribution in [0, 0.1) is 11.3 Å². The molecule has 7 nitrogen and oxygen atoms in total. The SMILES string of the molecule is CCOc1ccc(NC(=O)c2ccc(NCC(=O)Nc3cccc(C#N)c3)cc2)cc1. The summed E-state index contributed by atoms with van der Waals surface area (Å²) < 4.78 is 5.39. The first-order chi connectivity index (χ1) is 15.1. The van der Waals surface area contributed by atoms with Crippen LogP contribution in [0.1, 0.15) is 22.8 Å². The Kier molecular flexibility index (Phi) is 7.22. The summed E-state index contributed by atoms with van der Waals surface area (Å²) in [7, 11) is 0. The molecule has 0 bridgehead atoms. The third-order valence-electron chi connectivity index (χ3n) is 4.30. The van der Waals surface area contributed by atoms with Crippen LogP contribution in [-0.4, -0.2) is 25.0 Å². The number of anilines is 3. The van der Waals surface area contributed by atoms with Crippen LogP contribution in [0.2, 0.25) is 0 Å². The lowest BCUT2D eigenvalue weighted by atomic mass is 10.2. The zero-order valence-electron chi connectivity index (χ0n) is 17.0. The number of carbonyl (C=O) groups excluding carboxylic acids is 2. The number of ether oxygens (including phenoxy) is 1. The predicted molar refractivity (Wildman–Crippen MR) is 120 cm³/mol. The maximum absolute atomic E-state index is 12.4. The lowest BCUT2D eigenvalue weighted by molar-refractivity contribution is -0.114. The van der Waals surface area contributed by atoms with Gasteiger partial charge in [0, 0.05) is 22.6 Å². The van der Waals surface area contributed by atoms with Gasteiger partial charge >= 0.3 is 0 Å². The van der Waals surface area contributed by atoms with Crippen molar-refractivity contribution in [1.29, 1.82) is 5.26 Å². The van der Waals surface area contributed by atoms with Gasteiger partial charge in [0.25, 0.3) is 5.91 Å². The highest BCUT2D eigenvalue weighted by Gasteiger charge is 2.07. The van der Waals surface area contributed by atoms with Gasteiger partial charge in [-0.15, -0.1) is 0 Å². The summed E-state index contributed by atoms with van der Waals surface area (Å²) in [6.45, 7) is 2.55. The van der Waals surface area contributed by atoms with Gasteiger partial charge in [-0.3, -0.25) is 9.59 Å². The average molecular weight is 414 g/mol. The summed E-state index contributed by atoms with van der Waals surface area (Å²) in [5.74, 6) is 0.274. The molecule has 3 aromatic carbocycles. The molecular weight excluding hydrogens is 392 g/mol. The minimum Gasteiger partial charge on any atom is -0.494 e. The van der Waals surface area contributed by atoms with Crippen LogP contribution in [-0.2, 0) is 4.79 Å². The van der Waals surface area contributed by atoms with E-state index in [0.29, 0.717) is 34.8 Å². The molecule has 0 aliphatic carbocycles. The number of hydrogen-bond acceptors (Lipinski definition) is 5. The number of amides is 2. The van der Waals surface area contributed by atoms with Crippen LogP contribution in [0.25, 0.3) is 0 Å². The van der Waals surface area contributed by atoms with Crippen LogP contribution in [0.15, 0.2) is 72.8 Å². The van der Waals surface area contributed by atoms with Crippen molar-refractivity contribution in [3.8, 4) is 11.8 Å². The standard InChI is InChI=1S/C24H22N4O3/c1-2-31-22-12-10-20(11-13-22)28-24(30)18-6-8-19(9-7-18)26-16-23(29)27-21-5-3-4-17(14-21)15-25/h3-14,26H,2,16H2,1H3,(H,27,29)(H,28,30). The topological polar surface area (TPSA) is 103 Å². The second-order valence-electron chi connectivity index (χ2n) is 6.58. The number of carbonyl (C=O) groups is 2. The lowest BCUT2D eigenvalue weighted by Gasteiger charge is -2.10. The molecule has 0 aliphatic heterocycles. The molecular formula is C24H22N4O3. The molecule has 0 fully saturated rings. The fourth-order valence-corrected chi connectivity index (χ4v) is 2.80. The van der Waals surface area contributed by atoms with Gasteiger partial charge in [0.15, 0.2) is 0 Å². The molecule has 7 heteroatoms. The minimum absolute atomic E-state index is 0.0501. The van der Waals surface area contributed by atoms with Gasteiger partial charge in [0.05, 0.1) is 24.8 Å². The number of rotatable bonds is 8. The highest BCUT2D eigenvalue weighted by atomic mass is 16.5. The minimum atomic E-state index is -0.243. The Morgan fingerprint density at radius 1 is 0.903 bits per heavy atom. The Hall–Kier alpha value is -4.31. The number of nitrogens with zero attached hydrogens (tertiary/aromatic N) is 1. The number of nitrogens with one attached hydrogen (secondary N) is 3. The molecule has 0 unspecified atom stereocenters. The highest BCUT2D eigenvalue weighted by Crippen LogP contribution is 2.17. The predicted octanol–water partition coefficient (Wildman–Crippen LogP) is 4.26. The molecule has 31 heavy (non-hydrogen) atoms. The molecule has 0 aromatic heterocycles. The molecule has 0 saturated heterocycles. The van der Waals surface area contributed by atoms with E-state index < -0.39 is 0 Å². The van der Waals surface area contributed by atoms with Gasteiger partial charge in [-0.1, -0.05) is 6.07 Å². The maximum atomic E-state index is 12.4. The van der Waals surface area contributed by atoms with Gasteiger partial charge in [-0.2, -0.15) is 5.26 Å². The smallest absolute Gasteiger partial charge is 0.255 e. The summed E-state index contributed by atoms with van der Waals surface area (Å²) >= 11 is 0. The molecule has 3 N–H and O–H groups in total. The van der Waals surface area contributed by atoms with Crippen molar-refractivity contribution in [2.24, 2.45) is 0 Å². The van der Waals surface area contributed by atoms with E-state index in [1.165, 1.54) is 0 Å². The van der Waals surface area contributed by atoms with Gasteiger partial charge in [-0.05, 0) is 73.7 Å². The summed E-state index contributed by atoms with van der Waals surface area (Å²) in [4.78, 5) is 24.5.